The van der Waals surface area contributed by atoms with Crippen LogP contribution in [0, 0.1) is 0 Å². The van der Waals surface area contributed by atoms with E-state index in [9.17, 15) is 4.79 Å². The Labute approximate surface area is 106 Å². The molecule has 2 aromatic rings. The number of nitrogen functional groups attached to an aromatic ring is 1. The number of hydrogen-bond acceptors (Lipinski definition) is 5. The molecule has 0 bridgehead atoms. The van der Waals surface area contributed by atoms with E-state index in [1.807, 2.05) is 6.07 Å². The van der Waals surface area contributed by atoms with Crippen LogP contribution in [0.5, 0.6) is 0 Å². The molecule has 0 aliphatic carbocycles. The minimum atomic E-state index is -0.885. The Morgan fingerprint density at radius 3 is 3.06 bits per heavy atom. The summed E-state index contributed by atoms with van der Waals surface area (Å²) in [6.45, 7) is 0. The number of aromatic nitrogens is 1. The monoisotopic (exact) mass is 266 g/mol. The Balaban J connectivity index is 2.10. The summed E-state index contributed by atoms with van der Waals surface area (Å²) in [6, 6.07) is 5.37. The van der Waals surface area contributed by atoms with Gasteiger partial charge < -0.3 is 10.8 Å². The molecule has 0 spiro atoms. The van der Waals surface area contributed by atoms with E-state index in [4.69, 9.17) is 10.8 Å². The van der Waals surface area contributed by atoms with Crippen molar-refractivity contribution in [3.8, 4) is 0 Å². The molecule has 2 heterocycles. The second-order valence-electron chi connectivity index (χ2n) is 3.27. The number of nitrogens with zero attached hydrogens (tertiary/aromatic N) is 1. The SMILES string of the molecule is Nc1cccnc1SCc1ccsc1C(=O)O. The number of thiophene rings is 1. The summed E-state index contributed by atoms with van der Waals surface area (Å²) in [7, 11) is 0. The van der Waals surface area contributed by atoms with Crippen molar-refractivity contribution in [3.63, 3.8) is 0 Å². The lowest BCUT2D eigenvalue weighted by molar-refractivity contribution is 0.0701. The molecule has 88 valence electrons. The summed E-state index contributed by atoms with van der Waals surface area (Å²) in [4.78, 5) is 15.4. The van der Waals surface area contributed by atoms with Gasteiger partial charge in [0.1, 0.15) is 9.90 Å². The topological polar surface area (TPSA) is 76.2 Å². The number of pyridine rings is 1. The quantitative estimate of drug-likeness (QED) is 0.832. The zero-order valence-corrected chi connectivity index (χ0v) is 10.4. The van der Waals surface area contributed by atoms with Gasteiger partial charge >= 0.3 is 5.97 Å². The number of thioether (sulfide) groups is 1. The second-order valence-corrected chi connectivity index (χ2v) is 5.15. The number of carboxylic acid groups (broad SMARTS) is 1. The minimum Gasteiger partial charge on any atom is -0.477 e. The summed E-state index contributed by atoms with van der Waals surface area (Å²) in [5.74, 6) is -0.323. The van der Waals surface area contributed by atoms with Crippen LogP contribution < -0.4 is 5.73 Å². The normalized spacial score (nSPS) is 10.4. The lowest BCUT2D eigenvalue weighted by Crippen LogP contribution is -1.97. The highest BCUT2D eigenvalue weighted by Crippen LogP contribution is 2.28. The van der Waals surface area contributed by atoms with Crippen molar-refractivity contribution in [1.29, 1.82) is 0 Å². The maximum atomic E-state index is 10.9. The molecule has 6 heteroatoms. The molecule has 4 nitrogen and oxygen atoms in total. The number of rotatable bonds is 4. The number of carboxylic acids is 1. The van der Waals surface area contributed by atoms with Crippen molar-refractivity contribution in [2.75, 3.05) is 5.73 Å². The molecule has 2 aromatic heterocycles. The lowest BCUT2D eigenvalue weighted by atomic mass is 10.3. The van der Waals surface area contributed by atoms with Gasteiger partial charge in [0.05, 0.1) is 5.69 Å². The summed E-state index contributed by atoms with van der Waals surface area (Å²) in [5, 5.41) is 11.5. The highest BCUT2D eigenvalue weighted by atomic mass is 32.2. The summed E-state index contributed by atoms with van der Waals surface area (Å²) in [6.07, 6.45) is 1.67. The number of hydrogen-bond donors (Lipinski definition) is 2. The van der Waals surface area contributed by atoms with Crippen LogP contribution in [0.4, 0.5) is 5.69 Å². The number of nitrogens with two attached hydrogens (primary N) is 1. The van der Waals surface area contributed by atoms with Gasteiger partial charge in [-0.15, -0.1) is 11.3 Å². The molecule has 0 fully saturated rings. The van der Waals surface area contributed by atoms with Gasteiger partial charge in [0.15, 0.2) is 0 Å². The first-order valence-electron chi connectivity index (χ1n) is 4.81. The average molecular weight is 266 g/mol. The van der Waals surface area contributed by atoms with Crippen LogP contribution in [0.1, 0.15) is 15.2 Å². The zero-order chi connectivity index (χ0) is 12.3. The number of carbonyl (C=O) groups is 1. The zero-order valence-electron chi connectivity index (χ0n) is 8.79. The Hall–Kier alpha value is -1.53. The molecule has 0 aliphatic rings. The van der Waals surface area contributed by atoms with Crippen LogP contribution in [0.25, 0.3) is 0 Å². The molecule has 0 saturated heterocycles. The highest BCUT2D eigenvalue weighted by Gasteiger charge is 2.12. The van der Waals surface area contributed by atoms with Crippen LogP contribution in [-0.2, 0) is 5.75 Å². The minimum absolute atomic E-state index is 0.381. The molecule has 0 amide bonds. The van der Waals surface area contributed by atoms with Crippen molar-refractivity contribution in [2.24, 2.45) is 0 Å². The molecule has 0 aromatic carbocycles. The largest absolute Gasteiger partial charge is 0.477 e. The van der Waals surface area contributed by atoms with Crippen LogP contribution >= 0.6 is 23.1 Å². The van der Waals surface area contributed by atoms with E-state index >= 15 is 0 Å². The first-order chi connectivity index (χ1) is 8.18. The Bertz CT molecular complexity index is 540. The Morgan fingerprint density at radius 1 is 1.53 bits per heavy atom. The van der Waals surface area contributed by atoms with Crippen LogP contribution in [-0.4, -0.2) is 16.1 Å². The predicted molar refractivity (Wildman–Crippen MR) is 69.5 cm³/mol. The van der Waals surface area contributed by atoms with Crippen molar-refractivity contribution in [2.45, 2.75) is 10.8 Å². The summed E-state index contributed by atoms with van der Waals surface area (Å²) >= 11 is 2.68. The molecule has 2 rings (SSSR count). The number of aromatic carboxylic acids is 1. The van der Waals surface area contributed by atoms with Gasteiger partial charge in [0.2, 0.25) is 0 Å². The van der Waals surface area contributed by atoms with Crippen LogP contribution in [0.15, 0.2) is 34.8 Å². The predicted octanol–water partition coefficient (Wildman–Crippen LogP) is 2.72. The Morgan fingerprint density at radius 2 is 2.35 bits per heavy atom. The van der Waals surface area contributed by atoms with E-state index in [1.165, 1.54) is 23.1 Å². The lowest BCUT2D eigenvalue weighted by Gasteiger charge is -2.03. The first-order valence-corrected chi connectivity index (χ1v) is 6.68. The molecule has 0 atom stereocenters. The standard InChI is InChI=1S/C11H10N2O2S2/c12-8-2-1-4-13-10(8)17-6-7-3-5-16-9(7)11(14)15/h1-5H,6,12H2,(H,14,15). The third-order valence-electron chi connectivity index (χ3n) is 2.11. The summed E-state index contributed by atoms with van der Waals surface area (Å²) in [5.41, 5.74) is 7.18. The summed E-state index contributed by atoms with van der Waals surface area (Å²) < 4.78 is 0. The smallest absolute Gasteiger partial charge is 0.346 e. The number of anilines is 1. The average Bonchev–Trinajstić information content (AvgIpc) is 2.76. The van der Waals surface area contributed by atoms with Crippen LogP contribution in [0.2, 0.25) is 0 Å². The fourth-order valence-electron chi connectivity index (χ4n) is 1.31. The third kappa shape index (κ3) is 2.78. The van der Waals surface area contributed by atoms with E-state index in [1.54, 1.807) is 23.7 Å². The fourth-order valence-corrected chi connectivity index (χ4v) is 3.06. The third-order valence-corrected chi connectivity index (χ3v) is 4.12. The molecule has 0 radical (unpaired) electrons. The molecular weight excluding hydrogens is 256 g/mol. The first kappa shape index (κ1) is 11.9. The van der Waals surface area contributed by atoms with E-state index < -0.39 is 5.97 Å². The van der Waals surface area contributed by atoms with Crippen molar-refractivity contribution < 1.29 is 9.90 Å². The Kier molecular flexibility index (Phi) is 3.65. The fraction of sp³-hybridized carbons (Fsp3) is 0.0909. The van der Waals surface area contributed by atoms with Gasteiger partial charge in [-0.25, -0.2) is 9.78 Å². The van der Waals surface area contributed by atoms with E-state index in [0.717, 1.165) is 10.6 Å². The van der Waals surface area contributed by atoms with Gasteiger partial charge in [0, 0.05) is 11.9 Å². The molecule has 0 unspecified atom stereocenters. The van der Waals surface area contributed by atoms with E-state index in [2.05, 4.69) is 4.98 Å². The van der Waals surface area contributed by atoms with Crippen molar-refractivity contribution in [1.82, 2.24) is 4.98 Å². The molecule has 3 N–H and O–H groups in total. The van der Waals surface area contributed by atoms with Crippen molar-refractivity contribution >= 4 is 34.8 Å². The van der Waals surface area contributed by atoms with Gasteiger partial charge in [-0.1, -0.05) is 11.8 Å². The molecular formula is C11H10N2O2S2. The highest BCUT2D eigenvalue weighted by molar-refractivity contribution is 7.98. The van der Waals surface area contributed by atoms with Gasteiger partial charge in [-0.05, 0) is 29.1 Å². The van der Waals surface area contributed by atoms with Gasteiger partial charge in [-0.3, -0.25) is 0 Å². The second kappa shape index (κ2) is 5.20. The van der Waals surface area contributed by atoms with Gasteiger partial charge in [-0.2, -0.15) is 0 Å². The maximum Gasteiger partial charge on any atom is 0.346 e. The van der Waals surface area contributed by atoms with Gasteiger partial charge in [0.25, 0.3) is 0 Å². The van der Waals surface area contributed by atoms with Crippen LogP contribution in [0.3, 0.4) is 0 Å². The van der Waals surface area contributed by atoms with E-state index in [-0.39, 0.29) is 0 Å². The molecule has 17 heavy (non-hydrogen) atoms. The van der Waals surface area contributed by atoms with E-state index in [0.29, 0.717) is 16.3 Å². The molecule has 0 saturated carbocycles. The molecule has 0 aliphatic heterocycles. The maximum absolute atomic E-state index is 10.9. The van der Waals surface area contributed by atoms with Crippen molar-refractivity contribution in [3.05, 3.63) is 40.2 Å².